The first-order valence-corrected chi connectivity index (χ1v) is 4.41. The normalized spacial score (nSPS) is 12.0. The van der Waals surface area contributed by atoms with Gasteiger partial charge in [-0.3, -0.25) is 4.79 Å². The van der Waals surface area contributed by atoms with Gasteiger partial charge in [0, 0.05) is 13.7 Å². The number of nitrogens with zero attached hydrogens (tertiary/aromatic N) is 1. The number of rotatable bonds is 8. The number of methoxy groups -OCH3 is 1. The molecule has 14 heavy (non-hydrogen) atoms. The highest BCUT2D eigenvalue weighted by Crippen LogP contribution is 2.05. The maximum absolute atomic E-state index is 10.4. The third-order valence-corrected chi connectivity index (χ3v) is 1.67. The molecule has 0 aliphatic heterocycles. The lowest BCUT2D eigenvalue weighted by Crippen LogP contribution is -2.12. The van der Waals surface area contributed by atoms with Crippen LogP contribution in [0, 0.1) is 17.2 Å². The number of carbonyl (C=O) groups is 1. The monoisotopic (exact) mass is 201 g/mol. The standard InChI is InChI=1S/C9H15NO4/c1-13-5-6-14-4-2-3-8(7-10)9(11)12/h8H,2-6H2,1H3,(H,11,12). The van der Waals surface area contributed by atoms with E-state index in [1.54, 1.807) is 13.2 Å². The molecule has 1 atom stereocenters. The van der Waals surface area contributed by atoms with Crippen LogP contribution in [0.2, 0.25) is 0 Å². The summed E-state index contributed by atoms with van der Waals surface area (Å²) in [5, 5.41) is 17.0. The second-order valence-corrected chi connectivity index (χ2v) is 2.77. The molecule has 0 heterocycles. The van der Waals surface area contributed by atoms with Crippen molar-refractivity contribution in [1.82, 2.24) is 0 Å². The van der Waals surface area contributed by atoms with E-state index in [1.807, 2.05) is 0 Å². The summed E-state index contributed by atoms with van der Waals surface area (Å²) in [4.78, 5) is 10.4. The molecule has 0 aromatic carbocycles. The van der Waals surface area contributed by atoms with Crippen molar-refractivity contribution in [3.63, 3.8) is 0 Å². The molecule has 1 unspecified atom stereocenters. The Hall–Kier alpha value is -1.12. The molecular formula is C9H15NO4. The van der Waals surface area contributed by atoms with Crippen LogP contribution in [0.4, 0.5) is 0 Å². The molecular weight excluding hydrogens is 186 g/mol. The van der Waals surface area contributed by atoms with Crippen molar-refractivity contribution >= 4 is 5.97 Å². The van der Waals surface area contributed by atoms with E-state index in [4.69, 9.17) is 19.8 Å². The zero-order chi connectivity index (χ0) is 10.8. The Balaban J connectivity index is 3.35. The van der Waals surface area contributed by atoms with Gasteiger partial charge in [0.25, 0.3) is 0 Å². The minimum absolute atomic E-state index is 0.332. The molecule has 0 rings (SSSR count). The van der Waals surface area contributed by atoms with Crippen molar-refractivity contribution in [1.29, 1.82) is 5.26 Å². The summed E-state index contributed by atoms with van der Waals surface area (Å²) >= 11 is 0. The maximum Gasteiger partial charge on any atom is 0.320 e. The molecule has 5 heteroatoms. The Morgan fingerprint density at radius 3 is 2.71 bits per heavy atom. The summed E-state index contributed by atoms with van der Waals surface area (Å²) in [6, 6.07) is 1.72. The average Bonchev–Trinajstić information content (AvgIpc) is 2.16. The van der Waals surface area contributed by atoms with Gasteiger partial charge in [0.1, 0.15) is 5.92 Å². The molecule has 0 aromatic heterocycles. The van der Waals surface area contributed by atoms with Gasteiger partial charge >= 0.3 is 5.97 Å². The number of carboxylic acid groups (broad SMARTS) is 1. The molecule has 0 aromatic rings. The van der Waals surface area contributed by atoms with Crippen molar-refractivity contribution in [2.75, 3.05) is 26.9 Å². The predicted molar refractivity (Wildman–Crippen MR) is 48.7 cm³/mol. The number of nitriles is 1. The molecule has 1 N–H and O–H groups in total. The Morgan fingerprint density at radius 2 is 2.21 bits per heavy atom. The quantitative estimate of drug-likeness (QED) is 0.583. The smallest absolute Gasteiger partial charge is 0.320 e. The molecule has 0 aliphatic carbocycles. The van der Waals surface area contributed by atoms with Crippen molar-refractivity contribution in [3.8, 4) is 6.07 Å². The third-order valence-electron chi connectivity index (χ3n) is 1.67. The minimum atomic E-state index is -1.07. The van der Waals surface area contributed by atoms with Crippen LogP contribution in [-0.4, -0.2) is 38.0 Å². The van der Waals surface area contributed by atoms with Gasteiger partial charge in [-0.2, -0.15) is 5.26 Å². The molecule has 80 valence electrons. The van der Waals surface area contributed by atoms with E-state index < -0.39 is 11.9 Å². The maximum atomic E-state index is 10.4. The fourth-order valence-electron chi connectivity index (χ4n) is 0.877. The van der Waals surface area contributed by atoms with Crippen LogP contribution in [0.15, 0.2) is 0 Å². The van der Waals surface area contributed by atoms with Crippen molar-refractivity contribution in [3.05, 3.63) is 0 Å². The Kier molecular flexibility index (Phi) is 7.80. The number of hydrogen-bond donors (Lipinski definition) is 1. The van der Waals surface area contributed by atoms with E-state index in [2.05, 4.69) is 0 Å². The van der Waals surface area contributed by atoms with E-state index in [9.17, 15) is 4.79 Å². The van der Waals surface area contributed by atoms with Crippen LogP contribution in [0.3, 0.4) is 0 Å². The summed E-state index contributed by atoms with van der Waals surface area (Å²) < 4.78 is 9.88. The first-order valence-electron chi connectivity index (χ1n) is 4.41. The largest absolute Gasteiger partial charge is 0.480 e. The van der Waals surface area contributed by atoms with Gasteiger partial charge in [-0.1, -0.05) is 0 Å². The number of hydrogen-bond acceptors (Lipinski definition) is 4. The Labute approximate surface area is 83.2 Å². The fraction of sp³-hybridized carbons (Fsp3) is 0.778. The number of ether oxygens (including phenoxy) is 2. The van der Waals surface area contributed by atoms with Gasteiger partial charge in [-0.05, 0) is 12.8 Å². The van der Waals surface area contributed by atoms with Crippen molar-refractivity contribution < 1.29 is 19.4 Å². The highest BCUT2D eigenvalue weighted by atomic mass is 16.5. The molecule has 0 fully saturated rings. The van der Waals surface area contributed by atoms with Gasteiger partial charge in [-0.15, -0.1) is 0 Å². The van der Waals surface area contributed by atoms with Gasteiger partial charge in [0.15, 0.2) is 0 Å². The van der Waals surface area contributed by atoms with Crippen LogP contribution in [-0.2, 0) is 14.3 Å². The van der Waals surface area contributed by atoms with Crippen LogP contribution in [0.5, 0.6) is 0 Å². The fourth-order valence-corrected chi connectivity index (χ4v) is 0.877. The zero-order valence-electron chi connectivity index (χ0n) is 8.23. The molecule has 0 spiro atoms. The minimum Gasteiger partial charge on any atom is -0.480 e. The SMILES string of the molecule is COCCOCCCC(C#N)C(=O)O. The molecule has 0 radical (unpaired) electrons. The molecule has 5 nitrogen and oxygen atoms in total. The van der Waals surface area contributed by atoms with Crippen molar-refractivity contribution in [2.24, 2.45) is 5.92 Å². The predicted octanol–water partition coefficient (Wildman–Crippen LogP) is 0.654. The van der Waals surface area contributed by atoms with Gasteiger partial charge < -0.3 is 14.6 Å². The van der Waals surface area contributed by atoms with Gasteiger partial charge in [0.2, 0.25) is 0 Å². The zero-order valence-corrected chi connectivity index (χ0v) is 8.23. The Morgan fingerprint density at radius 1 is 1.50 bits per heavy atom. The summed E-state index contributed by atoms with van der Waals surface area (Å²) in [6.07, 6.45) is 0.910. The van der Waals surface area contributed by atoms with E-state index in [0.29, 0.717) is 32.7 Å². The van der Waals surface area contributed by atoms with E-state index in [0.717, 1.165) is 0 Å². The third kappa shape index (κ3) is 6.40. The highest BCUT2D eigenvalue weighted by molar-refractivity contribution is 5.72. The summed E-state index contributed by atoms with van der Waals surface area (Å²) in [7, 11) is 1.58. The van der Waals surface area contributed by atoms with Crippen LogP contribution < -0.4 is 0 Å². The lowest BCUT2D eigenvalue weighted by Gasteiger charge is -2.04. The van der Waals surface area contributed by atoms with Gasteiger partial charge in [0.05, 0.1) is 19.3 Å². The second kappa shape index (κ2) is 8.48. The van der Waals surface area contributed by atoms with Gasteiger partial charge in [-0.25, -0.2) is 0 Å². The highest BCUT2D eigenvalue weighted by Gasteiger charge is 2.15. The number of aliphatic carboxylic acids is 1. The summed E-state index contributed by atoms with van der Waals surface area (Å²) in [5.41, 5.74) is 0. The topological polar surface area (TPSA) is 79.5 Å². The molecule has 0 saturated carbocycles. The Bertz CT molecular complexity index is 199. The van der Waals surface area contributed by atoms with Crippen LogP contribution >= 0.6 is 0 Å². The van der Waals surface area contributed by atoms with E-state index in [1.165, 1.54) is 0 Å². The summed E-state index contributed by atoms with van der Waals surface area (Å²) in [5.74, 6) is -1.98. The molecule has 0 bridgehead atoms. The van der Waals surface area contributed by atoms with E-state index >= 15 is 0 Å². The van der Waals surface area contributed by atoms with Crippen LogP contribution in [0.25, 0.3) is 0 Å². The molecule has 0 aliphatic rings. The van der Waals surface area contributed by atoms with E-state index in [-0.39, 0.29) is 0 Å². The number of carboxylic acids is 1. The first-order chi connectivity index (χ1) is 6.72. The summed E-state index contributed by atoms with van der Waals surface area (Å²) in [6.45, 7) is 1.50. The van der Waals surface area contributed by atoms with Crippen molar-refractivity contribution in [2.45, 2.75) is 12.8 Å². The lowest BCUT2D eigenvalue weighted by molar-refractivity contribution is -0.140. The molecule has 0 amide bonds. The first kappa shape index (κ1) is 12.9. The lowest BCUT2D eigenvalue weighted by atomic mass is 10.1. The van der Waals surface area contributed by atoms with Crippen LogP contribution in [0.1, 0.15) is 12.8 Å². The molecule has 0 saturated heterocycles. The second-order valence-electron chi connectivity index (χ2n) is 2.77. The average molecular weight is 201 g/mol.